The molecule has 0 unspecified atom stereocenters. The minimum absolute atomic E-state index is 0.0449. The van der Waals surface area contributed by atoms with Crippen LogP contribution in [-0.2, 0) is 17.6 Å². The van der Waals surface area contributed by atoms with E-state index in [1.807, 2.05) is 24.8 Å². The summed E-state index contributed by atoms with van der Waals surface area (Å²) < 4.78 is 20.3. The summed E-state index contributed by atoms with van der Waals surface area (Å²) in [6.45, 7) is 7.39. The number of hydrogen-bond acceptors (Lipinski definition) is 6. The van der Waals surface area contributed by atoms with Gasteiger partial charge in [-0.15, -0.1) is 0 Å². The van der Waals surface area contributed by atoms with E-state index < -0.39 is 17.8 Å². The highest BCUT2D eigenvalue weighted by Crippen LogP contribution is 2.38. The number of nitrogens with zero attached hydrogens (tertiary/aromatic N) is 3. The first-order chi connectivity index (χ1) is 19.4. The Morgan fingerprint density at radius 2 is 2.02 bits per heavy atom. The molecule has 2 atom stereocenters. The summed E-state index contributed by atoms with van der Waals surface area (Å²) in [6, 6.07) is 7.72. The van der Waals surface area contributed by atoms with Crippen molar-refractivity contribution in [3.63, 3.8) is 0 Å². The van der Waals surface area contributed by atoms with Gasteiger partial charge < -0.3 is 15.2 Å². The number of ether oxygens (including phenoxy) is 1. The molecule has 7 nitrogen and oxygen atoms in total. The van der Waals surface area contributed by atoms with E-state index in [2.05, 4.69) is 22.3 Å². The Hall–Kier alpha value is -2.71. The standard InChI is InChI=1S/C32H45FN4O3/c1-21(2)23-18-27(30(40-3)28(33)19-23)29(32(38)39)36-17-14-26(20-36)37(25-12-13-25)16-6-4-5-9-24-11-10-22-8-7-15-34-31(22)35-24/h10-11,18-19,21,25-26,29H,4-9,12-17,20H2,1-3H3,(H,34,35)(H,38,39)/t26-,29-/m1/s1. The Kier molecular flexibility index (Phi) is 9.26. The molecular weight excluding hydrogens is 507 g/mol. The fourth-order valence-corrected chi connectivity index (χ4v) is 6.50. The molecule has 2 aromatic rings. The number of pyridine rings is 1. The Morgan fingerprint density at radius 3 is 2.75 bits per heavy atom. The SMILES string of the molecule is COc1c(F)cc(C(C)C)cc1[C@H](C(=O)O)N1CC[C@@H](N(CCCCCc2ccc3c(n2)NCCC3)C2CC2)C1. The maximum Gasteiger partial charge on any atom is 0.325 e. The maximum atomic E-state index is 14.9. The lowest BCUT2D eigenvalue weighted by Crippen LogP contribution is -2.41. The summed E-state index contributed by atoms with van der Waals surface area (Å²) in [5, 5.41) is 13.7. The third kappa shape index (κ3) is 6.60. The largest absolute Gasteiger partial charge is 0.493 e. The van der Waals surface area contributed by atoms with E-state index in [9.17, 15) is 14.3 Å². The van der Waals surface area contributed by atoms with Crippen molar-refractivity contribution in [2.45, 2.75) is 95.7 Å². The van der Waals surface area contributed by atoms with Gasteiger partial charge in [0.2, 0.25) is 0 Å². The molecule has 1 saturated heterocycles. The molecule has 0 bridgehead atoms. The molecule has 1 aromatic carbocycles. The predicted octanol–water partition coefficient (Wildman–Crippen LogP) is 5.79. The minimum Gasteiger partial charge on any atom is -0.493 e. The second-order valence-corrected chi connectivity index (χ2v) is 12.1. The molecule has 3 heterocycles. The van der Waals surface area contributed by atoms with Gasteiger partial charge in [0.05, 0.1) is 7.11 Å². The number of nitrogens with one attached hydrogen (secondary N) is 1. The van der Waals surface area contributed by atoms with E-state index >= 15 is 0 Å². The first-order valence-electron chi connectivity index (χ1n) is 15.2. The van der Waals surface area contributed by atoms with Crippen LogP contribution in [0.15, 0.2) is 24.3 Å². The van der Waals surface area contributed by atoms with Gasteiger partial charge in [-0.1, -0.05) is 26.3 Å². The lowest BCUT2D eigenvalue weighted by molar-refractivity contribution is -0.143. The smallest absolute Gasteiger partial charge is 0.325 e. The number of carbonyl (C=O) groups is 1. The molecule has 8 heteroatoms. The number of methoxy groups -OCH3 is 1. The number of aliphatic carboxylic acids is 1. The van der Waals surface area contributed by atoms with Crippen LogP contribution in [-0.4, -0.2) is 71.2 Å². The van der Waals surface area contributed by atoms with Gasteiger partial charge in [0.15, 0.2) is 11.6 Å². The fourth-order valence-electron chi connectivity index (χ4n) is 6.50. The Bertz CT molecular complexity index is 1180. The normalized spacial score (nSPS) is 20.0. The molecule has 2 fully saturated rings. The predicted molar refractivity (Wildman–Crippen MR) is 156 cm³/mol. The molecule has 2 aliphatic heterocycles. The third-order valence-corrected chi connectivity index (χ3v) is 8.84. The zero-order valence-corrected chi connectivity index (χ0v) is 24.3. The highest BCUT2D eigenvalue weighted by atomic mass is 19.1. The fraction of sp³-hybridized carbons (Fsp3) is 0.625. The summed E-state index contributed by atoms with van der Waals surface area (Å²) in [4.78, 5) is 22.0. The molecule has 5 rings (SSSR count). The molecule has 1 aromatic heterocycles. The monoisotopic (exact) mass is 552 g/mol. The van der Waals surface area contributed by atoms with Gasteiger partial charge >= 0.3 is 5.97 Å². The van der Waals surface area contributed by atoms with Crippen molar-refractivity contribution >= 4 is 11.8 Å². The first-order valence-corrected chi connectivity index (χ1v) is 15.2. The lowest BCUT2D eigenvalue weighted by Gasteiger charge is -2.31. The topological polar surface area (TPSA) is 77.9 Å². The second-order valence-electron chi connectivity index (χ2n) is 12.1. The zero-order valence-electron chi connectivity index (χ0n) is 24.3. The molecule has 0 spiro atoms. The number of unbranched alkanes of at least 4 members (excludes halogenated alkanes) is 2. The quantitative estimate of drug-likeness (QED) is 0.305. The molecule has 218 valence electrons. The van der Waals surface area contributed by atoms with E-state index in [0.717, 1.165) is 63.0 Å². The molecule has 40 heavy (non-hydrogen) atoms. The molecule has 0 amide bonds. The summed E-state index contributed by atoms with van der Waals surface area (Å²) in [5.74, 6) is -0.241. The van der Waals surface area contributed by atoms with Crippen molar-refractivity contribution < 1.29 is 19.0 Å². The van der Waals surface area contributed by atoms with E-state index in [1.165, 1.54) is 43.7 Å². The van der Waals surface area contributed by atoms with Crippen LogP contribution in [0.1, 0.15) is 93.1 Å². The number of aromatic nitrogens is 1. The molecule has 1 aliphatic carbocycles. The highest BCUT2D eigenvalue weighted by molar-refractivity contribution is 5.77. The first kappa shape index (κ1) is 28.8. The summed E-state index contributed by atoms with van der Waals surface area (Å²) in [6.07, 6.45) is 10.1. The van der Waals surface area contributed by atoms with Crippen LogP contribution in [0.25, 0.3) is 0 Å². The number of halogens is 1. The maximum absolute atomic E-state index is 14.9. The van der Waals surface area contributed by atoms with E-state index in [1.54, 1.807) is 0 Å². The van der Waals surface area contributed by atoms with Crippen LogP contribution in [0.3, 0.4) is 0 Å². The molecular formula is C32H45FN4O3. The van der Waals surface area contributed by atoms with Gasteiger partial charge in [-0.05, 0) is 93.2 Å². The van der Waals surface area contributed by atoms with Crippen LogP contribution in [0, 0.1) is 5.82 Å². The number of carboxylic acids is 1. The van der Waals surface area contributed by atoms with E-state index in [4.69, 9.17) is 9.72 Å². The van der Waals surface area contributed by atoms with Gasteiger partial charge in [-0.25, -0.2) is 9.37 Å². The molecule has 0 radical (unpaired) electrons. The third-order valence-electron chi connectivity index (χ3n) is 8.84. The number of anilines is 1. The van der Waals surface area contributed by atoms with Crippen LogP contribution in [0.5, 0.6) is 5.75 Å². The van der Waals surface area contributed by atoms with E-state index in [0.29, 0.717) is 30.7 Å². The van der Waals surface area contributed by atoms with Crippen molar-refractivity contribution in [1.82, 2.24) is 14.8 Å². The Morgan fingerprint density at radius 1 is 1.20 bits per heavy atom. The van der Waals surface area contributed by atoms with Crippen LogP contribution >= 0.6 is 0 Å². The number of hydrogen-bond donors (Lipinski definition) is 2. The summed E-state index contributed by atoms with van der Waals surface area (Å²) in [5.41, 5.74) is 3.72. The minimum atomic E-state index is -0.955. The molecule has 1 saturated carbocycles. The summed E-state index contributed by atoms with van der Waals surface area (Å²) in [7, 11) is 1.41. The number of aryl methyl sites for hydroxylation is 2. The lowest BCUT2D eigenvalue weighted by atomic mass is 9.95. The number of rotatable bonds is 13. The van der Waals surface area contributed by atoms with Gasteiger partial charge in [0, 0.05) is 43.0 Å². The molecule has 2 N–H and O–H groups in total. The summed E-state index contributed by atoms with van der Waals surface area (Å²) >= 11 is 0. The average molecular weight is 553 g/mol. The number of fused-ring (bicyclic) bond motifs is 1. The van der Waals surface area contributed by atoms with Crippen LogP contribution in [0.2, 0.25) is 0 Å². The average Bonchev–Trinajstić information content (AvgIpc) is 3.67. The van der Waals surface area contributed by atoms with Crippen molar-refractivity contribution in [3.8, 4) is 5.75 Å². The van der Waals surface area contributed by atoms with Crippen LogP contribution in [0.4, 0.5) is 10.2 Å². The zero-order chi connectivity index (χ0) is 28.2. The molecule has 3 aliphatic rings. The van der Waals surface area contributed by atoms with Crippen LogP contribution < -0.4 is 10.1 Å². The second kappa shape index (κ2) is 12.9. The van der Waals surface area contributed by atoms with Gasteiger partial charge in [0.1, 0.15) is 11.9 Å². The van der Waals surface area contributed by atoms with Crippen molar-refractivity contribution in [2.75, 3.05) is 38.6 Å². The highest BCUT2D eigenvalue weighted by Gasteiger charge is 2.41. The number of benzene rings is 1. The van der Waals surface area contributed by atoms with Crippen molar-refractivity contribution in [3.05, 3.63) is 52.5 Å². The number of likely N-dealkylation sites (tertiary alicyclic amines) is 1. The Balaban J connectivity index is 1.18. The van der Waals surface area contributed by atoms with E-state index in [-0.39, 0.29) is 11.7 Å². The van der Waals surface area contributed by atoms with Gasteiger partial charge in [-0.2, -0.15) is 0 Å². The van der Waals surface area contributed by atoms with Gasteiger partial charge in [0.25, 0.3) is 0 Å². The number of carboxylic acid groups (broad SMARTS) is 1. The van der Waals surface area contributed by atoms with Gasteiger partial charge in [-0.3, -0.25) is 14.6 Å². The van der Waals surface area contributed by atoms with Crippen molar-refractivity contribution in [2.24, 2.45) is 0 Å². The Labute approximate surface area is 238 Å². The van der Waals surface area contributed by atoms with Crippen molar-refractivity contribution in [1.29, 1.82) is 0 Å².